The van der Waals surface area contributed by atoms with E-state index in [1.54, 1.807) is 14.0 Å². The van der Waals surface area contributed by atoms with Gasteiger partial charge < -0.3 is 9.64 Å². The number of sulfonamides is 1. The molecule has 0 bridgehead atoms. The summed E-state index contributed by atoms with van der Waals surface area (Å²) in [6, 6.07) is 11.6. The van der Waals surface area contributed by atoms with Gasteiger partial charge in [0.2, 0.25) is 10.0 Å². The van der Waals surface area contributed by atoms with Crippen LogP contribution in [0.15, 0.2) is 47.4 Å². The van der Waals surface area contributed by atoms with E-state index in [0.717, 1.165) is 11.4 Å². The van der Waals surface area contributed by atoms with Crippen LogP contribution in [0.2, 0.25) is 0 Å². The fourth-order valence-electron chi connectivity index (χ4n) is 2.92. The van der Waals surface area contributed by atoms with Crippen LogP contribution in [0, 0.1) is 12.7 Å². The molecule has 1 heterocycles. The van der Waals surface area contributed by atoms with E-state index in [2.05, 4.69) is 4.90 Å². The van der Waals surface area contributed by atoms with Crippen molar-refractivity contribution < 1.29 is 17.5 Å². The number of hydrogen-bond acceptors (Lipinski definition) is 4. The molecule has 2 aromatic carbocycles. The molecule has 0 unspecified atom stereocenters. The molecule has 0 N–H and O–H groups in total. The molecule has 7 heteroatoms. The van der Waals surface area contributed by atoms with Gasteiger partial charge in [0.25, 0.3) is 0 Å². The average Bonchev–Trinajstić information content (AvgIpc) is 2.64. The average molecular weight is 364 g/mol. The fourth-order valence-corrected chi connectivity index (χ4v) is 4.43. The van der Waals surface area contributed by atoms with Gasteiger partial charge in [0.05, 0.1) is 12.0 Å². The van der Waals surface area contributed by atoms with Crippen molar-refractivity contribution in [1.29, 1.82) is 0 Å². The van der Waals surface area contributed by atoms with E-state index in [1.165, 1.54) is 22.5 Å². The lowest BCUT2D eigenvalue weighted by atomic mass is 10.2. The second-order valence-electron chi connectivity index (χ2n) is 6.00. The molecular weight excluding hydrogens is 343 g/mol. The highest BCUT2D eigenvalue weighted by molar-refractivity contribution is 7.89. The zero-order chi connectivity index (χ0) is 18.0. The van der Waals surface area contributed by atoms with Crippen molar-refractivity contribution in [2.75, 3.05) is 38.2 Å². The summed E-state index contributed by atoms with van der Waals surface area (Å²) in [5.41, 5.74) is 1.34. The third-order valence-corrected chi connectivity index (χ3v) is 6.32. The van der Waals surface area contributed by atoms with E-state index in [9.17, 15) is 12.8 Å². The normalized spacial score (nSPS) is 16.0. The minimum atomic E-state index is -3.60. The molecule has 3 rings (SSSR count). The molecule has 0 aromatic heterocycles. The predicted molar refractivity (Wildman–Crippen MR) is 95.1 cm³/mol. The van der Waals surface area contributed by atoms with E-state index in [4.69, 9.17) is 4.74 Å². The Kier molecular flexibility index (Phi) is 4.96. The summed E-state index contributed by atoms with van der Waals surface area (Å²) in [6.07, 6.45) is 0. The number of benzene rings is 2. The van der Waals surface area contributed by atoms with E-state index in [-0.39, 0.29) is 4.90 Å². The predicted octanol–water partition coefficient (Wildman–Crippen LogP) is 2.65. The summed E-state index contributed by atoms with van der Waals surface area (Å²) < 4.78 is 45.6. The van der Waals surface area contributed by atoms with Crippen LogP contribution in [0.4, 0.5) is 10.1 Å². The lowest BCUT2D eigenvalue weighted by Gasteiger charge is -2.35. The number of anilines is 1. The minimum absolute atomic E-state index is 0.140. The molecule has 0 radical (unpaired) electrons. The molecule has 1 aliphatic rings. The van der Waals surface area contributed by atoms with Crippen LogP contribution in [0.5, 0.6) is 5.75 Å². The van der Waals surface area contributed by atoms with Crippen LogP contribution in [0.3, 0.4) is 0 Å². The maximum atomic E-state index is 13.4. The van der Waals surface area contributed by atoms with Crippen molar-refractivity contribution in [3.63, 3.8) is 0 Å². The highest BCUT2D eigenvalue weighted by Gasteiger charge is 2.29. The van der Waals surface area contributed by atoms with Gasteiger partial charge in [-0.2, -0.15) is 4.31 Å². The maximum absolute atomic E-state index is 13.4. The van der Waals surface area contributed by atoms with Crippen LogP contribution >= 0.6 is 0 Å². The SMILES string of the molecule is COc1cccc(N2CCN(S(=O)(=O)c3ccc(F)c(C)c3)CC2)c1. The second-order valence-corrected chi connectivity index (χ2v) is 7.94. The highest BCUT2D eigenvalue weighted by Crippen LogP contribution is 2.24. The molecule has 1 aliphatic heterocycles. The molecule has 0 spiro atoms. The van der Waals surface area contributed by atoms with E-state index >= 15 is 0 Å². The third-order valence-electron chi connectivity index (χ3n) is 4.42. The number of rotatable bonds is 4. The van der Waals surface area contributed by atoms with Gasteiger partial charge in [-0.3, -0.25) is 0 Å². The van der Waals surface area contributed by atoms with E-state index < -0.39 is 15.8 Å². The van der Waals surface area contributed by atoms with Crippen LogP contribution in [-0.2, 0) is 10.0 Å². The van der Waals surface area contributed by atoms with Gasteiger partial charge in [0.1, 0.15) is 11.6 Å². The molecular formula is C18H21FN2O3S. The minimum Gasteiger partial charge on any atom is -0.497 e. The number of halogens is 1. The summed E-state index contributed by atoms with van der Waals surface area (Å²) in [7, 11) is -1.99. The summed E-state index contributed by atoms with van der Waals surface area (Å²) in [6.45, 7) is 3.51. The Morgan fingerprint density at radius 2 is 1.76 bits per heavy atom. The van der Waals surface area contributed by atoms with Gasteiger partial charge in [-0.25, -0.2) is 12.8 Å². The number of nitrogens with zero attached hydrogens (tertiary/aromatic N) is 2. The van der Waals surface area contributed by atoms with Crippen molar-refractivity contribution in [3.05, 3.63) is 53.8 Å². The summed E-state index contributed by atoms with van der Waals surface area (Å²) in [4.78, 5) is 2.27. The lowest BCUT2D eigenvalue weighted by Crippen LogP contribution is -2.48. The number of ether oxygens (including phenoxy) is 1. The van der Waals surface area contributed by atoms with Gasteiger partial charge in [-0.1, -0.05) is 6.07 Å². The van der Waals surface area contributed by atoms with Crippen molar-refractivity contribution in [1.82, 2.24) is 4.31 Å². The quantitative estimate of drug-likeness (QED) is 0.837. The Morgan fingerprint density at radius 3 is 2.40 bits per heavy atom. The maximum Gasteiger partial charge on any atom is 0.243 e. The van der Waals surface area contributed by atoms with Gasteiger partial charge in [-0.05, 0) is 42.8 Å². The Balaban J connectivity index is 1.73. The van der Waals surface area contributed by atoms with Crippen LogP contribution in [0.1, 0.15) is 5.56 Å². The second kappa shape index (κ2) is 7.01. The topological polar surface area (TPSA) is 49.9 Å². The Hall–Kier alpha value is -2.12. The Morgan fingerprint density at radius 1 is 1.04 bits per heavy atom. The smallest absolute Gasteiger partial charge is 0.243 e. The number of aryl methyl sites for hydroxylation is 1. The first kappa shape index (κ1) is 17.7. The van der Waals surface area contributed by atoms with Crippen LogP contribution in [0.25, 0.3) is 0 Å². The lowest BCUT2D eigenvalue weighted by molar-refractivity contribution is 0.384. The van der Waals surface area contributed by atoms with Crippen LogP contribution in [-0.4, -0.2) is 46.0 Å². The number of piperazine rings is 1. The van der Waals surface area contributed by atoms with Crippen molar-refractivity contribution in [3.8, 4) is 5.75 Å². The Labute approximate surface area is 147 Å². The highest BCUT2D eigenvalue weighted by atomic mass is 32.2. The molecule has 134 valence electrons. The molecule has 0 atom stereocenters. The standard InChI is InChI=1S/C18H21FN2O3S/c1-14-12-17(6-7-18(14)19)25(22,23)21-10-8-20(9-11-21)15-4-3-5-16(13-15)24-2/h3-7,12-13H,8-11H2,1-2H3. The van der Waals surface area contributed by atoms with Gasteiger partial charge in [0, 0.05) is 37.9 Å². The largest absolute Gasteiger partial charge is 0.497 e. The van der Waals surface area contributed by atoms with Gasteiger partial charge >= 0.3 is 0 Å². The molecule has 25 heavy (non-hydrogen) atoms. The fraction of sp³-hybridized carbons (Fsp3) is 0.333. The molecule has 0 aliphatic carbocycles. The van der Waals surface area contributed by atoms with Gasteiger partial charge in [-0.15, -0.1) is 0 Å². The zero-order valence-electron chi connectivity index (χ0n) is 14.3. The molecule has 0 saturated carbocycles. The van der Waals surface area contributed by atoms with Gasteiger partial charge in [0.15, 0.2) is 0 Å². The number of methoxy groups -OCH3 is 1. The number of hydrogen-bond donors (Lipinski definition) is 0. The molecule has 1 fully saturated rings. The van der Waals surface area contributed by atoms with Crippen molar-refractivity contribution in [2.45, 2.75) is 11.8 Å². The molecule has 2 aromatic rings. The van der Waals surface area contributed by atoms with Crippen molar-refractivity contribution >= 4 is 15.7 Å². The van der Waals surface area contributed by atoms with E-state index in [0.29, 0.717) is 31.7 Å². The molecule has 5 nitrogen and oxygen atoms in total. The zero-order valence-corrected chi connectivity index (χ0v) is 15.1. The molecule has 1 saturated heterocycles. The Bertz CT molecular complexity index is 862. The third kappa shape index (κ3) is 3.62. The molecule has 0 amide bonds. The van der Waals surface area contributed by atoms with E-state index in [1.807, 2.05) is 24.3 Å². The first-order valence-electron chi connectivity index (χ1n) is 8.07. The first-order valence-corrected chi connectivity index (χ1v) is 9.51. The monoisotopic (exact) mass is 364 g/mol. The first-order chi connectivity index (χ1) is 11.9. The van der Waals surface area contributed by atoms with Crippen LogP contribution < -0.4 is 9.64 Å². The summed E-state index contributed by atoms with van der Waals surface area (Å²) in [5.74, 6) is 0.371. The summed E-state index contributed by atoms with van der Waals surface area (Å²) in [5, 5.41) is 0. The van der Waals surface area contributed by atoms with Crippen molar-refractivity contribution in [2.24, 2.45) is 0 Å². The summed E-state index contributed by atoms with van der Waals surface area (Å²) >= 11 is 0.